The maximum Gasteiger partial charge on any atom is 0.320 e. The number of ether oxygens (including phenoxy) is 1. The zero-order valence-corrected chi connectivity index (χ0v) is 8.66. The molecule has 0 amide bonds. The number of rotatable bonds is 4. The van der Waals surface area contributed by atoms with Gasteiger partial charge in [-0.15, -0.1) is 0 Å². The molecule has 14 heavy (non-hydrogen) atoms. The van der Waals surface area contributed by atoms with E-state index in [4.69, 9.17) is 10.5 Å². The van der Waals surface area contributed by atoms with E-state index in [1.165, 1.54) is 0 Å². The average Bonchev–Trinajstić information content (AvgIpc) is 2.18. The van der Waals surface area contributed by atoms with Gasteiger partial charge in [-0.3, -0.25) is 9.69 Å². The normalized spacial score (nSPS) is 23.4. The van der Waals surface area contributed by atoms with Gasteiger partial charge in [-0.2, -0.15) is 0 Å². The zero-order chi connectivity index (χ0) is 10.4. The average molecular weight is 201 g/mol. The van der Waals surface area contributed by atoms with E-state index >= 15 is 0 Å². The van der Waals surface area contributed by atoms with Crippen LogP contribution >= 0.6 is 0 Å². The van der Waals surface area contributed by atoms with Gasteiger partial charge in [-0.25, -0.2) is 0 Å². The molecule has 1 saturated heterocycles. The topological polar surface area (TPSA) is 67.6 Å². The van der Waals surface area contributed by atoms with Crippen molar-refractivity contribution in [3.05, 3.63) is 0 Å². The largest absolute Gasteiger partial charge is 0.465 e. The monoisotopic (exact) mass is 201 g/mol. The Hall–Kier alpha value is -0.650. The molecule has 0 spiro atoms. The summed E-state index contributed by atoms with van der Waals surface area (Å²) in [7, 11) is 0. The number of carbonyl (C=O) groups is 1. The Balaban J connectivity index is 2.26. The molecular weight excluding hydrogens is 182 g/mol. The van der Waals surface area contributed by atoms with Crippen LogP contribution in [0.5, 0.6) is 0 Å². The van der Waals surface area contributed by atoms with Gasteiger partial charge in [0, 0.05) is 32.2 Å². The molecule has 0 aromatic rings. The minimum absolute atomic E-state index is 0.148. The van der Waals surface area contributed by atoms with Gasteiger partial charge >= 0.3 is 5.97 Å². The Morgan fingerprint density at radius 2 is 2.50 bits per heavy atom. The molecule has 1 aliphatic rings. The smallest absolute Gasteiger partial charge is 0.320 e. The van der Waals surface area contributed by atoms with Crippen molar-refractivity contribution in [3.8, 4) is 0 Å². The van der Waals surface area contributed by atoms with E-state index in [0.717, 1.165) is 19.6 Å². The molecule has 0 aromatic carbocycles. The minimum atomic E-state index is -0.148. The lowest BCUT2D eigenvalue weighted by Gasteiger charge is -2.32. The first-order valence-electron chi connectivity index (χ1n) is 5.07. The third-order valence-electron chi connectivity index (χ3n) is 2.28. The van der Waals surface area contributed by atoms with Crippen LogP contribution in [-0.4, -0.2) is 56.2 Å². The van der Waals surface area contributed by atoms with E-state index in [-0.39, 0.29) is 5.97 Å². The number of nitrogens with two attached hydrogens (primary N) is 1. The maximum atomic E-state index is 11.2. The van der Waals surface area contributed by atoms with E-state index < -0.39 is 0 Å². The lowest BCUT2D eigenvalue weighted by atomic mass is 10.2. The highest BCUT2D eigenvalue weighted by molar-refractivity contribution is 5.71. The fraction of sp³-hybridized carbons (Fsp3) is 0.889. The number of hydrogen-bond acceptors (Lipinski definition) is 5. The molecule has 0 saturated carbocycles. The summed E-state index contributed by atoms with van der Waals surface area (Å²) in [5.74, 6) is -0.148. The molecule has 1 atom stereocenters. The van der Waals surface area contributed by atoms with E-state index in [9.17, 15) is 4.79 Å². The Morgan fingerprint density at radius 1 is 1.71 bits per heavy atom. The molecule has 82 valence electrons. The second kappa shape index (κ2) is 5.95. The quantitative estimate of drug-likeness (QED) is 0.558. The molecule has 1 aliphatic heterocycles. The Labute approximate surface area is 84.6 Å². The van der Waals surface area contributed by atoms with Crippen LogP contribution in [0.2, 0.25) is 0 Å². The van der Waals surface area contributed by atoms with E-state index in [2.05, 4.69) is 10.2 Å². The summed E-state index contributed by atoms with van der Waals surface area (Å²) >= 11 is 0. The van der Waals surface area contributed by atoms with Gasteiger partial charge in [0.1, 0.15) is 0 Å². The molecule has 1 heterocycles. The van der Waals surface area contributed by atoms with Crippen LogP contribution in [0.25, 0.3) is 0 Å². The highest BCUT2D eigenvalue weighted by Crippen LogP contribution is 1.98. The van der Waals surface area contributed by atoms with Crippen molar-refractivity contribution in [3.63, 3.8) is 0 Å². The highest BCUT2D eigenvalue weighted by Gasteiger charge is 2.19. The van der Waals surface area contributed by atoms with Gasteiger partial charge in [0.15, 0.2) is 0 Å². The summed E-state index contributed by atoms with van der Waals surface area (Å²) < 4.78 is 4.88. The van der Waals surface area contributed by atoms with Crippen molar-refractivity contribution in [1.29, 1.82) is 0 Å². The molecule has 0 aromatic heterocycles. The third kappa shape index (κ3) is 3.61. The summed E-state index contributed by atoms with van der Waals surface area (Å²) in [5.41, 5.74) is 5.55. The predicted octanol–water partition coefficient (Wildman–Crippen LogP) is -1.22. The van der Waals surface area contributed by atoms with Crippen LogP contribution in [0, 0.1) is 0 Å². The first-order chi connectivity index (χ1) is 6.76. The standard InChI is InChI=1S/C9H19N3O2/c1-2-14-9(13)7-12-4-3-11-8(5-10)6-12/h8,11H,2-7,10H2,1H3/t8-/m0/s1. The first kappa shape index (κ1) is 11.4. The van der Waals surface area contributed by atoms with Gasteiger partial charge in [0.05, 0.1) is 13.2 Å². The van der Waals surface area contributed by atoms with E-state index in [1.54, 1.807) is 0 Å². The van der Waals surface area contributed by atoms with Crippen LogP contribution in [0.15, 0.2) is 0 Å². The fourth-order valence-corrected chi connectivity index (χ4v) is 1.58. The molecule has 0 unspecified atom stereocenters. The Morgan fingerprint density at radius 3 is 3.14 bits per heavy atom. The van der Waals surface area contributed by atoms with E-state index in [1.807, 2.05) is 6.92 Å². The van der Waals surface area contributed by atoms with Crippen molar-refractivity contribution < 1.29 is 9.53 Å². The van der Waals surface area contributed by atoms with Crippen LogP contribution in [0.3, 0.4) is 0 Å². The van der Waals surface area contributed by atoms with Crippen LogP contribution in [-0.2, 0) is 9.53 Å². The third-order valence-corrected chi connectivity index (χ3v) is 2.28. The number of piperazine rings is 1. The molecule has 3 N–H and O–H groups in total. The van der Waals surface area contributed by atoms with Gasteiger partial charge in [0.2, 0.25) is 0 Å². The lowest BCUT2D eigenvalue weighted by molar-refractivity contribution is -0.144. The number of hydrogen-bond donors (Lipinski definition) is 2. The first-order valence-corrected chi connectivity index (χ1v) is 5.07. The number of nitrogens with zero attached hydrogens (tertiary/aromatic N) is 1. The minimum Gasteiger partial charge on any atom is -0.465 e. The predicted molar refractivity (Wildman–Crippen MR) is 53.9 cm³/mol. The second-order valence-electron chi connectivity index (χ2n) is 3.43. The zero-order valence-electron chi connectivity index (χ0n) is 8.66. The molecule has 1 rings (SSSR count). The maximum absolute atomic E-state index is 11.2. The SMILES string of the molecule is CCOC(=O)CN1CCN[C@@H](CN)C1. The molecule has 0 radical (unpaired) electrons. The molecule has 0 aliphatic carbocycles. The number of esters is 1. The number of nitrogens with one attached hydrogen (secondary N) is 1. The molecule has 0 bridgehead atoms. The summed E-state index contributed by atoms with van der Waals surface area (Å²) in [6.45, 7) is 5.86. The van der Waals surface area contributed by atoms with Crippen molar-refractivity contribution in [1.82, 2.24) is 10.2 Å². The highest BCUT2D eigenvalue weighted by atomic mass is 16.5. The van der Waals surface area contributed by atoms with Crippen molar-refractivity contribution >= 4 is 5.97 Å². The Kier molecular flexibility index (Phi) is 4.86. The summed E-state index contributed by atoms with van der Waals surface area (Å²) in [5, 5.41) is 3.29. The second-order valence-corrected chi connectivity index (χ2v) is 3.43. The summed E-state index contributed by atoms with van der Waals surface area (Å²) in [4.78, 5) is 13.3. The fourth-order valence-electron chi connectivity index (χ4n) is 1.58. The van der Waals surface area contributed by atoms with Crippen LogP contribution in [0.4, 0.5) is 0 Å². The van der Waals surface area contributed by atoms with Crippen molar-refractivity contribution in [2.45, 2.75) is 13.0 Å². The summed E-state index contributed by atoms with van der Waals surface area (Å²) in [6, 6.07) is 0.304. The van der Waals surface area contributed by atoms with Gasteiger partial charge in [-0.05, 0) is 6.92 Å². The summed E-state index contributed by atoms with van der Waals surface area (Å²) in [6.07, 6.45) is 0. The number of carbonyl (C=O) groups excluding carboxylic acids is 1. The van der Waals surface area contributed by atoms with Gasteiger partial charge in [-0.1, -0.05) is 0 Å². The van der Waals surface area contributed by atoms with Crippen molar-refractivity contribution in [2.75, 3.05) is 39.3 Å². The van der Waals surface area contributed by atoms with Crippen LogP contribution < -0.4 is 11.1 Å². The van der Waals surface area contributed by atoms with Crippen molar-refractivity contribution in [2.24, 2.45) is 5.73 Å². The Bertz CT molecular complexity index is 187. The van der Waals surface area contributed by atoms with Gasteiger partial charge < -0.3 is 15.8 Å². The lowest BCUT2D eigenvalue weighted by Crippen LogP contribution is -2.54. The van der Waals surface area contributed by atoms with E-state index in [0.29, 0.717) is 25.7 Å². The van der Waals surface area contributed by atoms with Crippen LogP contribution in [0.1, 0.15) is 6.92 Å². The molecular formula is C9H19N3O2. The molecule has 1 fully saturated rings. The molecule has 5 heteroatoms. The molecule has 5 nitrogen and oxygen atoms in total. The van der Waals surface area contributed by atoms with Gasteiger partial charge in [0.25, 0.3) is 0 Å².